The lowest BCUT2D eigenvalue weighted by atomic mass is 9.89. The van der Waals surface area contributed by atoms with E-state index in [0.717, 1.165) is 6.54 Å². The number of piperazine rings is 1. The van der Waals surface area contributed by atoms with Gasteiger partial charge in [-0.1, -0.05) is 19.3 Å². The van der Waals surface area contributed by atoms with Crippen LogP contribution in [0.3, 0.4) is 0 Å². The van der Waals surface area contributed by atoms with Crippen LogP contribution in [0.4, 0.5) is 0 Å². The standard InChI is InChI=1S/C17H31N3O4S/c21-9-8-19-6-7-20(16-13-25(23,24)12-15(16)19)11-17(22)18-10-14-4-2-1-3-5-14/h14-16,21H,1-13H2,(H,18,22)/t15-,16+/m0/s1. The Balaban J connectivity index is 1.54. The highest BCUT2D eigenvalue weighted by molar-refractivity contribution is 7.91. The van der Waals surface area contributed by atoms with E-state index in [1.165, 1.54) is 32.1 Å². The molecule has 144 valence electrons. The Morgan fingerprint density at radius 3 is 2.36 bits per heavy atom. The number of β-amino-alcohol motifs (C(OH)–C–C–N with tert-alkyl or cyclic N) is 1. The molecule has 3 rings (SSSR count). The third-order valence-electron chi connectivity index (χ3n) is 5.95. The maximum absolute atomic E-state index is 12.4. The molecule has 2 heterocycles. The van der Waals surface area contributed by atoms with Crippen LogP contribution < -0.4 is 5.32 Å². The molecule has 7 nitrogen and oxygen atoms in total. The first-order valence-corrected chi connectivity index (χ1v) is 11.4. The molecule has 0 radical (unpaired) electrons. The van der Waals surface area contributed by atoms with Crippen LogP contribution >= 0.6 is 0 Å². The van der Waals surface area contributed by atoms with Crippen molar-refractivity contribution in [3.05, 3.63) is 0 Å². The van der Waals surface area contributed by atoms with Crippen molar-refractivity contribution in [1.82, 2.24) is 15.1 Å². The number of nitrogens with one attached hydrogen (secondary N) is 1. The molecule has 2 atom stereocenters. The molecule has 0 aromatic heterocycles. The Labute approximate surface area is 150 Å². The van der Waals surface area contributed by atoms with Crippen molar-refractivity contribution in [1.29, 1.82) is 0 Å². The van der Waals surface area contributed by atoms with Gasteiger partial charge in [-0.25, -0.2) is 8.42 Å². The van der Waals surface area contributed by atoms with Crippen LogP contribution in [0.25, 0.3) is 0 Å². The van der Waals surface area contributed by atoms with Gasteiger partial charge in [0.2, 0.25) is 5.91 Å². The molecule has 0 unspecified atom stereocenters. The van der Waals surface area contributed by atoms with E-state index in [2.05, 4.69) is 10.2 Å². The maximum atomic E-state index is 12.4. The highest BCUT2D eigenvalue weighted by Crippen LogP contribution is 2.26. The minimum Gasteiger partial charge on any atom is -0.395 e. The highest BCUT2D eigenvalue weighted by atomic mass is 32.2. The Morgan fingerprint density at radius 2 is 1.68 bits per heavy atom. The molecule has 3 fully saturated rings. The van der Waals surface area contributed by atoms with Gasteiger partial charge in [0, 0.05) is 38.3 Å². The smallest absolute Gasteiger partial charge is 0.234 e. The molecular formula is C17H31N3O4S. The summed E-state index contributed by atoms with van der Waals surface area (Å²) in [6.45, 7) is 2.93. The number of hydrogen-bond acceptors (Lipinski definition) is 6. The first-order valence-electron chi connectivity index (χ1n) is 9.54. The summed E-state index contributed by atoms with van der Waals surface area (Å²) in [7, 11) is -3.07. The summed E-state index contributed by atoms with van der Waals surface area (Å²) in [5.41, 5.74) is 0. The van der Waals surface area contributed by atoms with Crippen LogP contribution in [0.5, 0.6) is 0 Å². The van der Waals surface area contributed by atoms with E-state index in [9.17, 15) is 18.3 Å². The SMILES string of the molecule is O=C(CN1CCN(CCO)[C@H]2CS(=O)(=O)C[C@H]21)NCC1CCCCC1. The number of carbonyl (C=O) groups is 1. The molecule has 1 amide bonds. The second-order valence-corrected chi connectivity index (χ2v) is 9.90. The second kappa shape index (κ2) is 8.33. The summed E-state index contributed by atoms with van der Waals surface area (Å²) in [6, 6.07) is -0.234. The Hall–Kier alpha value is -0.700. The van der Waals surface area contributed by atoms with Crippen molar-refractivity contribution < 1.29 is 18.3 Å². The zero-order valence-electron chi connectivity index (χ0n) is 14.9. The van der Waals surface area contributed by atoms with Crippen LogP contribution in [0, 0.1) is 5.92 Å². The lowest BCUT2D eigenvalue weighted by Gasteiger charge is -2.43. The topological polar surface area (TPSA) is 90.0 Å². The normalized spacial score (nSPS) is 30.9. The number of hydrogen-bond donors (Lipinski definition) is 2. The van der Waals surface area contributed by atoms with E-state index in [4.69, 9.17) is 0 Å². The summed E-state index contributed by atoms with van der Waals surface area (Å²) >= 11 is 0. The average Bonchev–Trinajstić information content (AvgIpc) is 2.92. The Kier molecular flexibility index (Phi) is 6.35. The van der Waals surface area contributed by atoms with Gasteiger partial charge in [0.1, 0.15) is 0 Å². The van der Waals surface area contributed by atoms with Crippen LogP contribution in [-0.4, -0.2) is 92.2 Å². The van der Waals surface area contributed by atoms with Crippen LogP contribution in [0.2, 0.25) is 0 Å². The van der Waals surface area contributed by atoms with Crippen molar-refractivity contribution in [3.8, 4) is 0 Å². The molecule has 0 spiro atoms. The summed E-state index contributed by atoms with van der Waals surface area (Å²) in [5, 5.41) is 12.3. The molecule has 8 heteroatoms. The van der Waals surface area contributed by atoms with Gasteiger partial charge in [-0.05, 0) is 18.8 Å². The molecule has 1 aliphatic carbocycles. The van der Waals surface area contributed by atoms with E-state index in [1.807, 2.05) is 4.90 Å². The largest absolute Gasteiger partial charge is 0.395 e. The molecular weight excluding hydrogens is 342 g/mol. The van der Waals surface area contributed by atoms with Gasteiger partial charge in [-0.2, -0.15) is 0 Å². The van der Waals surface area contributed by atoms with Crippen LogP contribution in [0.1, 0.15) is 32.1 Å². The maximum Gasteiger partial charge on any atom is 0.234 e. The van der Waals surface area contributed by atoms with E-state index in [0.29, 0.717) is 25.6 Å². The molecule has 2 aliphatic heterocycles. The highest BCUT2D eigenvalue weighted by Gasteiger charge is 2.46. The van der Waals surface area contributed by atoms with Crippen LogP contribution in [0.15, 0.2) is 0 Å². The zero-order valence-corrected chi connectivity index (χ0v) is 15.7. The minimum absolute atomic E-state index is 0.00392. The van der Waals surface area contributed by atoms with Gasteiger partial charge < -0.3 is 10.4 Å². The molecule has 3 aliphatic rings. The average molecular weight is 374 g/mol. The third-order valence-corrected chi connectivity index (χ3v) is 7.65. The molecule has 1 saturated carbocycles. The summed E-state index contributed by atoms with van der Waals surface area (Å²) in [6.07, 6.45) is 6.22. The van der Waals surface area contributed by atoms with Crippen molar-refractivity contribution in [2.75, 3.05) is 50.8 Å². The molecule has 2 saturated heterocycles. The number of rotatable bonds is 6. The number of sulfone groups is 1. The fourth-order valence-electron chi connectivity index (χ4n) is 4.59. The van der Waals surface area contributed by atoms with Gasteiger partial charge in [0.25, 0.3) is 0 Å². The number of nitrogens with zero attached hydrogens (tertiary/aromatic N) is 2. The zero-order chi connectivity index (χ0) is 17.9. The van der Waals surface area contributed by atoms with Gasteiger partial charge >= 0.3 is 0 Å². The number of aliphatic hydroxyl groups is 1. The number of fused-ring (bicyclic) bond motifs is 1. The lowest BCUT2D eigenvalue weighted by molar-refractivity contribution is -0.124. The summed E-state index contributed by atoms with van der Waals surface area (Å²) in [5.74, 6) is 0.857. The van der Waals surface area contributed by atoms with Gasteiger partial charge in [0.15, 0.2) is 9.84 Å². The van der Waals surface area contributed by atoms with Gasteiger partial charge in [0.05, 0.1) is 24.7 Å². The van der Waals surface area contributed by atoms with Gasteiger partial charge in [-0.3, -0.25) is 14.6 Å². The van der Waals surface area contributed by atoms with Crippen molar-refractivity contribution in [2.45, 2.75) is 44.2 Å². The summed E-state index contributed by atoms with van der Waals surface area (Å²) in [4.78, 5) is 16.4. The predicted octanol–water partition coefficient (Wildman–Crippen LogP) is -0.542. The molecule has 0 aromatic rings. The lowest BCUT2D eigenvalue weighted by Crippen LogP contribution is -2.61. The summed E-state index contributed by atoms with van der Waals surface area (Å²) < 4.78 is 24.2. The first-order chi connectivity index (χ1) is 12.0. The quantitative estimate of drug-likeness (QED) is 0.650. The third kappa shape index (κ3) is 4.93. The molecule has 0 bridgehead atoms. The fraction of sp³-hybridized carbons (Fsp3) is 0.941. The van der Waals surface area contributed by atoms with Crippen molar-refractivity contribution in [3.63, 3.8) is 0 Å². The molecule has 0 aromatic carbocycles. The monoisotopic (exact) mass is 373 g/mol. The molecule has 25 heavy (non-hydrogen) atoms. The van der Waals surface area contributed by atoms with Crippen LogP contribution in [-0.2, 0) is 14.6 Å². The van der Waals surface area contributed by atoms with E-state index in [-0.39, 0.29) is 42.6 Å². The Morgan fingerprint density at radius 1 is 1.04 bits per heavy atom. The number of amides is 1. The van der Waals surface area contributed by atoms with E-state index >= 15 is 0 Å². The van der Waals surface area contributed by atoms with E-state index < -0.39 is 9.84 Å². The molecule has 2 N–H and O–H groups in total. The fourth-order valence-corrected chi connectivity index (χ4v) is 6.63. The number of carbonyl (C=O) groups excluding carboxylic acids is 1. The van der Waals surface area contributed by atoms with E-state index in [1.54, 1.807) is 0 Å². The van der Waals surface area contributed by atoms with Crippen molar-refractivity contribution >= 4 is 15.7 Å². The number of aliphatic hydroxyl groups excluding tert-OH is 1. The minimum atomic E-state index is -3.07. The van der Waals surface area contributed by atoms with Crippen molar-refractivity contribution in [2.24, 2.45) is 5.92 Å². The first kappa shape index (κ1) is 19.1. The second-order valence-electron chi connectivity index (χ2n) is 7.75. The Bertz CT molecular complexity index is 562. The van der Waals surface area contributed by atoms with Gasteiger partial charge in [-0.15, -0.1) is 0 Å². The predicted molar refractivity (Wildman–Crippen MR) is 96.0 cm³/mol.